The number of nitrogens with one attached hydrogen (secondary N) is 1. The van der Waals surface area contributed by atoms with E-state index in [9.17, 15) is 10.1 Å². The van der Waals surface area contributed by atoms with Gasteiger partial charge in [-0.3, -0.25) is 10.1 Å². The van der Waals surface area contributed by atoms with Crippen molar-refractivity contribution in [1.29, 1.82) is 0 Å². The number of ether oxygens (including phenoxy) is 1. The summed E-state index contributed by atoms with van der Waals surface area (Å²) in [6.07, 6.45) is -0.113. The van der Waals surface area contributed by atoms with Gasteiger partial charge in [-0.1, -0.05) is 0 Å². The zero-order chi connectivity index (χ0) is 12.8. The van der Waals surface area contributed by atoms with Crippen LogP contribution >= 0.6 is 0 Å². The van der Waals surface area contributed by atoms with Crippen molar-refractivity contribution >= 4 is 11.4 Å². The highest BCUT2D eigenvalue weighted by atomic mass is 16.6. The van der Waals surface area contributed by atoms with Crippen LogP contribution < -0.4 is 15.8 Å². The Kier molecular flexibility index (Phi) is 4.71. The zero-order valence-electron chi connectivity index (χ0n) is 9.97. The van der Waals surface area contributed by atoms with Crippen LogP contribution in [0.3, 0.4) is 0 Å². The number of rotatable bonds is 6. The van der Waals surface area contributed by atoms with Crippen molar-refractivity contribution in [2.75, 3.05) is 18.4 Å². The van der Waals surface area contributed by atoms with Gasteiger partial charge in [-0.25, -0.2) is 0 Å². The highest BCUT2D eigenvalue weighted by Gasteiger charge is 2.16. The Morgan fingerprint density at radius 1 is 1.53 bits per heavy atom. The summed E-state index contributed by atoms with van der Waals surface area (Å²) in [7, 11) is 0. The monoisotopic (exact) mass is 239 g/mol. The molecule has 0 unspecified atom stereocenters. The van der Waals surface area contributed by atoms with E-state index in [1.54, 1.807) is 12.1 Å². The van der Waals surface area contributed by atoms with Crippen LogP contribution in [0.1, 0.15) is 13.8 Å². The van der Waals surface area contributed by atoms with Gasteiger partial charge < -0.3 is 15.8 Å². The molecule has 1 rings (SSSR count). The van der Waals surface area contributed by atoms with Crippen LogP contribution in [0, 0.1) is 10.1 Å². The van der Waals surface area contributed by atoms with Crippen molar-refractivity contribution in [3.8, 4) is 5.75 Å². The normalized spacial score (nSPS) is 10.4. The fourth-order valence-corrected chi connectivity index (χ4v) is 1.34. The van der Waals surface area contributed by atoms with Gasteiger partial charge in [-0.2, -0.15) is 0 Å². The first-order valence-corrected chi connectivity index (χ1v) is 5.43. The number of nitro benzene ring substituents is 1. The lowest BCUT2D eigenvalue weighted by Gasteiger charge is -2.12. The van der Waals surface area contributed by atoms with Crippen molar-refractivity contribution in [3.63, 3.8) is 0 Å². The quantitative estimate of drug-likeness (QED) is 0.583. The number of anilines is 1. The molecule has 0 amide bonds. The average Bonchev–Trinajstić information content (AvgIpc) is 2.25. The van der Waals surface area contributed by atoms with Gasteiger partial charge >= 0.3 is 5.69 Å². The van der Waals surface area contributed by atoms with Crippen molar-refractivity contribution in [2.45, 2.75) is 20.0 Å². The van der Waals surface area contributed by atoms with E-state index >= 15 is 0 Å². The van der Waals surface area contributed by atoms with Crippen LogP contribution in [0.25, 0.3) is 0 Å². The maximum Gasteiger partial charge on any atom is 0.311 e. The lowest BCUT2D eigenvalue weighted by atomic mass is 10.2. The summed E-state index contributed by atoms with van der Waals surface area (Å²) in [4.78, 5) is 10.4. The largest absolute Gasteiger partial charge is 0.484 e. The van der Waals surface area contributed by atoms with E-state index in [1.165, 1.54) is 6.07 Å². The molecule has 1 aromatic carbocycles. The van der Waals surface area contributed by atoms with Gasteiger partial charge in [0, 0.05) is 30.9 Å². The molecule has 6 nitrogen and oxygen atoms in total. The smallest absolute Gasteiger partial charge is 0.311 e. The van der Waals surface area contributed by atoms with Gasteiger partial charge in [0.1, 0.15) is 0 Å². The third-order valence-electron chi connectivity index (χ3n) is 1.99. The van der Waals surface area contributed by atoms with Crippen LogP contribution in [0.5, 0.6) is 5.75 Å². The van der Waals surface area contributed by atoms with Gasteiger partial charge in [0.25, 0.3) is 0 Å². The molecule has 0 saturated heterocycles. The molecule has 6 heteroatoms. The summed E-state index contributed by atoms with van der Waals surface area (Å²) in [5.41, 5.74) is 6.10. The first kappa shape index (κ1) is 13.2. The molecule has 0 aromatic heterocycles. The Bertz CT molecular complexity index is 394. The number of hydrogen-bond donors (Lipinski definition) is 2. The molecular formula is C11H17N3O3. The Balaban J connectivity index is 2.97. The molecule has 0 aliphatic rings. The van der Waals surface area contributed by atoms with Crippen molar-refractivity contribution < 1.29 is 9.66 Å². The summed E-state index contributed by atoms with van der Waals surface area (Å²) in [5.74, 6) is 0.270. The maximum absolute atomic E-state index is 10.8. The van der Waals surface area contributed by atoms with Gasteiger partial charge in [0.05, 0.1) is 11.0 Å². The minimum absolute atomic E-state index is 0.0306. The van der Waals surface area contributed by atoms with Crippen LogP contribution in [0.2, 0.25) is 0 Å². The zero-order valence-corrected chi connectivity index (χ0v) is 9.97. The number of hydrogen-bond acceptors (Lipinski definition) is 5. The molecule has 0 aliphatic heterocycles. The molecule has 0 fully saturated rings. The van der Waals surface area contributed by atoms with Gasteiger partial charge in [0.2, 0.25) is 0 Å². The summed E-state index contributed by atoms with van der Waals surface area (Å²) >= 11 is 0. The molecule has 0 atom stereocenters. The molecular weight excluding hydrogens is 222 g/mol. The number of nitrogens with zero attached hydrogens (tertiary/aromatic N) is 1. The summed E-state index contributed by atoms with van der Waals surface area (Å²) < 4.78 is 5.41. The minimum Gasteiger partial charge on any atom is -0.484 e. The topological polar surface area (TPSA) is 90.4 Å². The molecule has 1 aromatic rings. The molecule has 0 spiro atoms. The second-order valence-electron chi connectivity index (χ2n) is 3.82. The van der Waals surface area contributed by atoms with Gasteiger partial charge in [-0.05, 0) is 19.9 Å². The Morgan fingerprint density at radius 3 is 2.76 bits per heavy atom. The second-order valence-corrected chi connectivity index (χ2v) is 3.82. The highest BCUT2D eigenvalue weighted by molar-refractivity contribution is 5.58. The van der Waals surface area contributed by atoms with E-state index in [2.05, 4.69) is 5.32 Å². The molecule has 3 N–H and O–H groups in total. The van der Waals surface area contributed by atoms with Crippen molar-refractivity contribution in [1.82, 2.24) is 0 Å². The van der Waals surface area contributed by atoms with E-state index in [0.29, 0.717) is 13.1 Å². The number of nitro groups is 1. The average molecular weight is 239 g/mol. The molecule has 94 valence electrons. The first-order chi connectivity index (χ1) is 8.04. The van der Waals surface area contributed by atoms with Gasteiger partial charge in [0.15, 0.2) is 5.75 Å². The molecule has 0 aliphatic carbocycles. The predicted molar refractivity (Wildman–Crippen MR) is 66.4 cm³/mol. The number of benzene rings is 1. The SMILES string of the molecule is CC(C)Oc1cc(NCCN)ccc1[N+](=O)[O-]. The summed E-state index contributed by atoms with van der Waals surface area (Å²) in [6, 6.07) is 4.69. The van der Waals surface area contributed by atoms with Crippen LogP contribution in [0.15, 0.2) is 18.2 Å². The highest BCUT2D eigenvalue weighted by Crippen LogP contribution is 2.30. The third-order valence-corrected chi connectivity index (χ3v) is 1.99. The fraction of sp³-hybridized carbons (Fsp3) is 0.455. The number of nitrogens with two attached hydrogens (primary N) is 1. The minimum atomic E-state index is -0.454. The molecule has 0 bridgehead atoms. The first-order valence-electron chi connectivity index (χ1n) is 5.43. The summed E-state index contributed by atoms with van der Waals surface area (Å²) in [5, 5.41) is 13.9. The molecule has 0 heterocycles. The molecule has 17 heavy (non-hydrogen) atoms. The van der Waals surface area contributed by atoms with Crippen molar-refractivity contribution in [2.24, 2.45) is 5.73 Å². The van der Waals surface area contributed by atoms with E-state index in [4.69, 9.17) is 10.5 Å². The Labute approximate surface area is 99.9 Å². The van der Waals surface area contributed by atoms with E-state index in [0.717, 1.165) is 5.69 Å². The Morgan fingerprint density at radius 2 is 2.24 bits per heavy atom. The van der Waals surface area contributed by atoms with Crippen LogP contribution in [0.4, 0.5) is 11.4 Å². The summed E-state index contributed by atoms with van der Waals surface area (Å²) in [6.45, 7) is 4.75. The maximum atomic E-state index is 10.8. The van der Waals surface area contributed by atoms with E-state index < -0.39 is 4.92 Å². The van der Waals surface area contributed by atoms with Crippen molar-refractivity contribution in [3.05, 3.63) is 28.3 Å². The van der Waals surface area contributed by atoms with Crippen LogP contribution in [-0.2, 0) is 0 Å². The van der Waals surface area contributed by atoms with E-state index in [-0.39, 0.29) is 17.5 Å². The standard InChI is InChI=1S/C11H17N3O3/c1-8(2)17-11-7-9(13-6-5-12)3-4-10(11)14(15)16/h3-4,7-8,13H,5-6,12H2,1-2H3. The molecule has 0 saturated carbocycles. The van der Waals surface area contributed by atoms with E-state index in [1.807, 2.05) is 13.8 Å². The van der Waals surface area contributed by atoms with Crippen LogP contribution in [-0.4, -0.2) is 24.1 Å². The lowest BCUT2D eigenvalue weighted by molar-refractivity contribution is -0.386. The Hall–Kier alpha value is -1.82. The molecule has 0 radical (unpaired) electrons. The second kappa shape index (κ2) is 6.05. The fourth-order valence-electron chi connectivity index (χ4n) is 1.34. The lowest BCUT2D eigenvalue weighted by Crippen LogP contribution is -2.13. The predicted octanol–water partition coefficient (Wildman–Crippen LogP) is 1.75. The third kappa shape index (κ3) is 3.92. The van der Waals surface area contributed by atoms with Gasteiger partial charge in [-0.15, -0.1) is 0 Å².